The molecule has 1 N–H and O–H groups in total. The van der Waals surface area contributed by atoms with Gasteiger partial charge in [0.15, 0.2) is 0 Å². The Bertz CT molecular complexity index is 859. The summed E-state index contributed by atoms with van der Waals surface area (Å²) in [5.74, 6) is -1.33. The van der Waals surface area contributed by atoms with E-state index in [0.29, 0.717) is 27.5 Å². The smallest absolute Gasteiger partial charge is 0.309 e. The van der Waals surface area contributed by atoms with Gasteiger partial charge >= 0.3 is 5.97 Å². The number of carboxylic acid groups (broad SMARTS) is 1. The minimum Gasteiger partial charge on any atom is -0.481 e. The largest absolute Gasteiger partial charge is 0.481 e. The second kappa shape index (κ2) is 6.22. The Kier molecular flexibility index (Phi) is 4.12. The first-order valence-electron chi connectivity index (χ1n) is 6.86. The highest BCUT2D eigenvalue weighted by Gasteiger charge is 2.16. The van der Waals surface area contributed by atoms with Gasteiger partial charge in [-0.1, -0.05) is 29.8 Å². The lowest BCUT2D eigenvalue weighted by Crippen LogP contribution is -2.03. The van der Waals surface area contributed by atoms with Gasteiger partial charge in [0.2, 0.25) is 0 Å². The van der Waals surface area contributed by atoms with E-state index in [1.54, 1.807) is 36.5 Å². The lowest BCUT2D eigenvalue weighted by atomic mass is 10.1. The molecule has 0 aliphatic heterocycles. The van der Waals surface area contributed by atoms with Crippen LogP contribution >= 0.6 is 11.6 Å². The molecule has 116 valence electrons. The van der Waals surface area contributed by atoms with Gasteiger partial charge in [-0.15, -0.1) is 0 Å². The van der Waals surface area contributed by atoms with Crippen LogP contribution in [0.15, 0.2) is 54.7 Å². The Balaban J connectivity index is 2.12. The summed E-state index contributed by atoms with van der Waals surface area (Å²) in [5, 5.41) is 13.9. The average molecular weight is 331 g/mol. The summed E-state index contributed by atoms with van der Waals surface area (Å²) in [6.45, 7) is 0. The molecule has 0 bridgehead atoms. The summed E-state index contributed by atoms with van der Waals surface area (Å²) in [6.07, 6.45) is 1.47. The summed E-state index contributed by atoms with van der Waals surface area (Å²) < 4.78 is 14.6. The van der Waals surface area contributed by atoms with Crippen molar-refractivity contribution in [2.45, 2.75) is 6.42 Å². The second-order valence-electron chi connectivity index (χ2n) is 4.96. The average Bonchev–Trinajstić information content (AvgIpc) is 2.91. The highest BCUT2D eigenvalue weighted by Crippen LogP contribution is 2.31. The number of carbonyl (C=O) groups is 1. The Labute approximate surface area is 136 Å². The van der Waals surface area contributed by atoms with Crippen molar-refractivity contribution in [1.29, 1.82) is 0 Å². The van der Waals surface area contributed by atoms with E-state index in [9.17, 15) is 9.18 Å². The van der Waals surface area contributed by atoms with Crippen LogP contribution in [0.3, 0.4) is 0 Å². The molecule has 0 radical (unpaired) electrons. The molecule has 0 saturated carbocycles. The molecule has 6 heteroatoms. The van der Waals surface area contributed by atoms with Crippen molar-refractivity contribution in [2.75, 3.05) is 0 Å². The minimum atomic E-state index is -0.984. The fourth-order valence-corrected chi connectivity index (χ4v) is 2.55. The summed E-state index contributed by atoms with van der Waals surface area (Å²) in [6, 6.07) is 12.9. The predicted octanol–water partition coefficient (Wildman–Crippen LogP) is 3.96. The second-order valence-corrected chi connectivity index (χ2v) is 5.37. The third-order valence-electron chi connectivity index (χ3n) is 3.36. The molecular formula is C17H12ClFN2O2. The van der Waals surface area contributed by atoms with Crippen molar-refractivity contribution in [3.8, 4) is 16.8 Å². The fourth-order valence-electron chi connectivity index (χ4n) is 2.31. The lowest BCUT2D eigenvalue weighted by molar-refractivity contribution is -0.136. The van der Waals surface area contributed by atoms with Crippen LogP contribution in [0.4, 0.5) is 4.39 Å². The first-order chi connectivity index (χ1) is 11.0. The Hall–Kier alpha value is -2.66. The highest BCUT2D eigenvalue weighted by molar-refractivity contribution is 6.33. The van der Waals surface area contributed by atoms with E-state index in [0.717, 1.165) is 0 Å². The zero-order valence-electron chi connectivity index (χ0n) is 11.9. The van der Waals surface area contributed by atoms with Crippen molar-refractivity contribution < 1.29 is 14.3 Å². The van der Waals surface area contributed by atoms with Gasteiger partial charge in [0.25, 0.3) is 0 Å². The van der Waals surface area contributed by atoms with E-state index in [1.165, 1.54) is 16.8 Å². The summed E-state index contributed by atoms with van der Waals surface area (Å²) in [7, 11) is 0. The number of benzene rings is 2. The van der Waals surface area contributed by atoms with E-state index < -0.39 is 5.97 Å². The topological polar surface area (TPSA) is 55.1 Å². The zero-order chi connectivity index (χ0) is 16.4. The summed E-state index contributed by atoms with van der Waals surface area (Å²) in [5.41, 5.74) is 2.38. The Morgan fingerprint density at radius 2 is 1.83 bits per heavy atom. The van der Waals surface area contributed by atoms with Crippen LogP contribution in [-0.2, 0) is 11.2 Å². The van der Waals surface area contributed by atoms with Crippen LogP contribution < -0.4 is 0 Å². The number of aliphatic carboxylic acids is 1. The van der Waals surface area contributed by atoms with Crippen LogP contribution in [0.5, 0.6) is 0 Å². The first kappa shape index (κ1) is 15.2. The zero-order valence-corrected chi connectivity index (χ0v) is 12.7. The molecule has 2 aromatic carbocycles. The van der Waals surface area contributed by atoms with Gasteiger partial charge in [-0.25, -0.2) is 9.07 Å². The van der Waals surface area contributed by atoms with E-state index in [-0.39, 0.29) is 12.2 Å². The van der Waals surface area contributed by atoms with E-state index in [1.807, 2.05) is 6.07 Å². The molecule has 1 heterocycles. The third kappa shape index (κ3) is 3.24. The molecule has 0 atom stereocenters. The maximum atomic E-state index is 13.1. The van der Waals surface area contributed by atoms with Gasteiger partial charge in [-0.05, 0) is 30.3 Å². The van der Waals surface area contributed by atoms with Crippen molar-refractivity contribution in [1.82, 2.24) is 9.78 Å². The SMILES string of the molecule is O=C(O)Cc1nn(-c2ccc(F)cc2)cc1-c1ccccc1Cl. The van der Waals surface area contributed by atoms with E-state index >= 15 is 0 Å². The molecule has 0 amide bonds. The van der Waals surface area contributed by atoms with Gasteiger partial charge in [-0.3, -0.25) is 4.79 Å². The quantitative estimate of drug-likeness (QED) is 0.787. The summed E-state index contributed by atoms with van der Waals surface area (Å²) in [4.78, 5) is 11.1. The molecule has 0 saturated heterocycles. The number of carboxylic acids is 1. The maximum absolute atomic E-state index is 13.1. The lowest BCUT2D eigenvalue weighted by Gasteiger charge is -2.02. The Morgan fingerprint density at radius 1 is 1.13 bits per heavy atom. The van der Waals surface area contributed by atoms with Crippen LogP contribution in [0.25, 0.3) is 16.8 Å². The predicted molar refractivity (Wildman–Crippen MR) is 85.3 cm³/mol. The molecule has 1 aromatic heterocycles. The molecule has 0 fully saturated rings. The molecule has 23 heavy (non-hydrogen) atoms. The molecule has 3 aromatic rings. The van der Waals surface area contributed by atoms with Gasteiger partial charge < -0.3 is 5.11 Å². The number of hydrogen-bond acceptors (Lipinski definition) is 2. The van der Waals surface area contributed by atoms with Crippen molar-refractivity contribution in [3.05, 3.63) is 71.3 Å². The number of rotatable bonds is 4. The third-order valence-corrected chi connectivity index (χ3v) is 3.69. The molecule has 0 unspecified atom stereocenters. The normalized spacial score (nSPS) is 10.7. The van der Waals surface area contributed by atoms with Gasteiger partial charge in [0.05, 0.1) is 17.8 Å². The van der Waals surface area contributed by atoms with Gasteiger partial charge in [0.1, 0.15) is 5.82 Å². The fraction of sp³-hybridized carbons (Fsp3) is 0.0588. The van der Waals surface area contributed by atoms with E-state index in [4.69, 9.17) is 16.7 Å². The Morgan fingerprint density at radius 3 is 2.48 bits per heavy atom. The summed E-state index contributed by atoms with van der Waals surface area (Å²) >= 11 is 6.21. The molecule has 3 rings (SSSR count). The van der Waals surface area contributed by atoms with Crippen molar-refractivity contribution >= 4 is 17.6 Å². The standard InChI is InChI=1S/C17H12ClFN2O2/c18-15-4-2-1-3-13(15)14-10-21(20-16(14)9-17(22)23)12-7-5-11(19)6-8-12/h1-8,10H,9H2,(H,22,23). The van der Waals surface area contributed by atoms with Crippen molar-refractivity contribution in [2.24, 2.45) is 0 Å². The molecule has 0 spiro atoms. The van der Waals surface area contributed by atoms with Gasteiger partial charge in [0, 0.05) is 22.3 Å². The highest BCUT2D eigenvalue weighted by atomic mass is 35.5. The van der Waals surface area contributed by atoms with Crippen LogP contribution in [0, 0.1) is 5.82 Å². The number of nitrogens with zero attached hydrogens (tertiary/aromatic N) is 2. The van der Waals surface area contributed by atoms with Crippen LogP contribution in [0.2, 0.25) is 5.02 Å². The molecule has 4 nitrogen and oxygen atoms in total. The van der Waals surface area contributed by atoms with Gasteiger partial charge in [-0.2, -0.15) is 5.10 Å². The molecule has 0 aliphatic carbocycles. The molecular weight excluding hydrogens is 319 g/mol. The van der Waals surface area contributed by atoms with Crippen LogP contribution in [-0.4, -0.2) is 20.9 Å². The monoisotopic (exact) mass is 330 g/mol. The maximum Gasteiger partial charge on any atom is 0.309 e. The first-order valence-corrected chi connectivity index (χ1v) is 7.23. The van der Waals surface area contributed by atoms with E-state index in [2.05, 4.69) is 5.10 Å². The molecule has 0 aliphatic rings. The minimum absolute atomic E-state index is 0.227. The number of halogens is 2. The number of aromatic nitrogens is 2. The van der Waals surface area contributed by atoms with Crippen LogP contribution in [0.1, 0.15) is 5.69 Å². The number of hydrogen-bond donors (Lipinski definition) is 1. The van der Waals surface area contributed by atoms with Crippen molar-refractivity contribution in [3.63, 3.8) is 0 Å².